The molecule has 100 valence electrons. The lowest BCUT2D eigenvalue weighted by molar-refractivity contribution is -0.202. The van der Waals surface area contributed by atoms with Crippen LogP contribution in [0.3, 0.4) is 0 Å². The Kier molecular flexibility index (Phi) is 2.90. The maximum absolute atomic E-state index is 11.8. The second-order valence-electron chi connectivity index (χ2n) is 4.42. The summed E-state index contributed by atoms with van der Waals surface area (Å²) >= 11 is 0. The largest absolute Gasteiger partial charge is 0.391 e. The van der Waals surface area contributed by atoms with Gasteiger partial charge in [0.15, 0.2) is 0 Å². The molecule has 18 heavy (non-hydrogen) atoms. The molecule has 0 radical (unpaired) electrons. The summed E-state index contributed by atoms with van der Waals surface area (Å²) in [7, 11) is 0. The van der Waals surface area contributed by atoms with Crippen molar-refractivity contribution in [3.8, 4) is 0 Å². The minimum atomic E-state index is -1.83. The molecule has 8 heteroatoms. The highest BCUT2D eigenvalue weighted by Crippen LogP contribution is 2.39. The molecule has 1 aliphatic heterocycles. The van der Waals surface area contributed by atoms with Gasteiger partial charge in [-0.2, -0.15) is 4.98 Å². The molecule has 0 bridgehead atoms. The first-order valence-corrected chi connectivity index (χ1v) is 5.36. The quantitative estimate of drug-likeness (QED) is 0.465. The van der Waals surface area contributed by atoms with Gasteiger partial charge in [0.2, 0.25) is 5.72 Å². The first-order valence-electron chi connectivity index (χ1n) is 5.36. The number of hydrogen-bond donors (Lipinski definition) is 4. The number of nitrogens with two attached hydrogens (primary N) is 1. The molecule has 1 aromatic heterocycles. The molecular formula is C10H15N3O5. The highest BCUT2D eigenvalue weighted by Gasteiger charge is 2.60. The molecule has 2 unspecified atom stereocenters. The Hall–Kier alpha value is -1.48. The van der Waals surface area contributed by atoms with E-state index in [2.05, 4.69) is 4.98 Å². The average Bonchev–Trinajstić information content (AvgIpc) is 2.52. The van der Waals surface area contributed by atoms with Crippen LogP contribution in [0, 0.1) is 0 Å². The van der Waals surface area contributed by atoms with Gasteiger partial charge in [0, 0.05) is 6.20 Å². The Morgan fingerprint density at radius 3 is 2.83 bits per heavy atom. The summed E-state index contributed by atoms with van der Waals surface area (Å²) in [4.78, 5) is 15.3. The maximum atomic E-state index is 11.8. The molecule has 0 amide bonds. The van der Waals surface area contributed by atoms with Gasteiger partial charge in [0.1, 0.15) is 17.5 Å². The third-order valence-electron chi connectivity index (χ3n) is 3.35. The van der Waals surface area contributed by atoms with Gasteiger partial charge in [-0.15, -0.1) is 0 Å². The lowest BCUT2D eigenvalue weighted by atomic mass is 9.89. The van der Waals surface area contributed by atoms with E-state index in [1.165, 1.54) is 19.2 Å². The Bertz CT molecular complexity index is 514. The number of aliphatic hydroxyl groups is 3. The molecule has 1 aliphatic rings. The third kappa shape index (κ3) is 1.54. The van der Waals surface area contributed by atoms with Gasteiger partial charge in [-0.25, -0.2) is 4.79 Å². The van der Waals surface area contributed by atoms with Crippen LogP contribution in [0.4, 0.5) is 5.82 Å². The average molecular weight is 257 g/mol. The number of hydrogen-bond acceptors (Lipinski definition) is 7. The van der Waals surface area contributed by atoms with Crippen molar-refractivity contribution in [1.29, 1.82) is 0 Å². The van der Waals surface area contributed by atoms with E-state index in [1.807, 2.05) is 0 Å². The number of aromatic nitrogens is 2. The van der Waals surface area contributed by atoms with Gasteiger partial charge in [-0.1, -0.05) is 0 Å². The fourth-order valence-corrected chi connectivity index (χ4v) is 2.07. The van der Waals surface area contributed by atoms with Crippen molar-refractivity contribution in [3.63, 3.8) is 0 Å². The predicted octanol–water partition coefficient (Wildman–Crippen LogP) is -2.39. The highest BCUT2D eigenvalue weighted by molar-refractivity contribution is 5.24. The van der Waals surface area contributed by atoms with Crippen molar-refractivity contribution >= 4 is 5.82 Å². The fourth-order valence-electron chi connectivity index (χ4n) is 2.07. The Morgan fingerprint density at radius 2 is 2.39 bits per heavy atom. The van der Waals surface area contributed by atoms with Crippen LogP contribution in [0.25, 0.3) is 0 Å². The fraction of sp³-hybridized carbons (Fsp3) is 0.600. The van der Waals surface area contributed by atoms with Crippen LogP contribution in [-0.2, 0) is 10.5 Å². The minimum Gasteiger partial charge on any atom is -0.391 e. The zero-order valence-electron chi connectivity index (χ0n) is 9.78. The second kappa shape index (κ2) is 4.02. The minimum absolute atomic E-state index is 0.0162. The summed E-state index contributed by atoms with van der Waals surface area (Å²) in [5.41, 5.74) is 0.983. The number of rotatable bonds is 2. The molecule has 5 N–H and O–H groups in total. The van der Waals surface area contributed by atoms with Crippen molar-refractivity contribution in [1.82, 2.24) is 9.55 Å². The Morgan fingerprint density at radius 1 is 1.72 bits per heavy atom. The smallest absolute Gasteiger partial charge is 0.352 e. The van der Waals surface area contributed by atoms with Gasteiger partial charge in [-0.3, -0.25) is 4.57 Å². The molecule has 1 fully saturated rings. The standard InChI is InChI=1S/C10H15N3O5/c1-9(17)6(15)4-18-10(9,5-14)13-3-2-7(11)12-8(13)16/h2-3,6,14-15,17H,4-5H2,1H3,(H2,11,12,16)/t6?,9-,10?/m0/s1. The SMILES string of the molecule is C[C@]1(O)C(O)COC1(CO)n1ccc(N)nc1=O. The van der Waals surface area contributed by atoms with Crippen molar-refractivity contribution in [2.75, 3.05) is 18.9 Å². The number of nitrogens with zero attached hydrogens (tertiary/aromatic N) is 2. The van der Waals surface area contributed by atoms with Crippen LogP contribution in [-0.4, -0.2) is 49.8 Å². The van der Waals surface area contributed by atoms with Crippen molar-refractivity contribution in [2.24, 2.45) is 0 Å². The zero-order chi connectivity index (χ0) is 13.6. The molecule has 0 aromatic carbocycles. The van der Waals surface area contributed by atoms with Crippen molar-refractivity contribution in [2.45, 2.75) is 24.4 Å². The van der Waals surface area contributed by atoms with E-state index >= 15 is 0 Å². The normalized spacial score (nSPS) is 35.9. The van der Waals surface area contributed by atoms with Crippen LogP contribution in [0.1, 0.15) is 6.92 Å². The van der Waals surface area contributed by atoms with Gasteiger partial charge in [0.25, 0.3) is 0 Å². The van der Waals surface area contributed by atoms with Crippen LogP contribution >= 0.6 is 0 Å². The first-order chi connectivity index (χ1) is 8.35. The van der Waals surface area contributed by atoms with Crippen molar-refractivity contribution < 1.29 is 20.1 Å². The maximum Gasteiger partial charge on any atom is 0.352 e. The number of ether oxygens (including phenoxy) is 1. The van der Waals surface area contributed by atoms with E-state index in [0.717, 1.165) is 4.57 Å². The van der Waals surface area contributed by atoms with Crippen LogP contribution < -0.4 is 11.4 Å². The summed E-state index contributed by atoms with van der Waals surface area (Å²) in [5, 5.41) is 29.5. The van der Waals surface area contributed by atoms with Gasteiger partial charge in [0.05, 0.1) is 13.2 Å². The summed E-state index contributed by atoms with van der Waals surface area (Å²) in [6.07, 6.45) is 0.0297. The van der Waals surface area contributed by atoms with Crippen LogP contribution in [0.5, 0.6) is 0 Å². The van der Waals surface area contributed by atoms with Crippen LogP contribution in [0.2, 0.25) is 0 Å². The number of anilines is 1. The molecule has 8 nitrogen and oxygen atoms in total. The second-order valence-corrected chi connectivity index (χ2v) is 4.42. The third-order valence-corrected chi connectivity index (χ3v) is 3.35. The number of nitrogen functional groups attached to an aromatic ring is 1. The van der Waals surface area contributed by atoms with Crippen LogP contribution in [0.15, 0.2) is 17.1 Å². The summed E-state index contributed by atoms with van der Waals surface area (Å²) in [6, 6.07) is 1.34. The predicted molar refractivity (Wildman–Crippen MR) is 60.6 cm³/mol. The Balaban J connectivity index is 2.62. The van der Waals surface area contributed by atoms with Gasteiger partial charge >= 0.3 is 5.69 Å². The monoisotopic (exact) mass is 257 g/mol. The molecular weight excluding hydrogens is 242 g/mol. The van der Waals surface area contributed by atoms with Gasteiger partial charge in [-0.05, 0) is 13.0 Å². The molecule has 1 saturated heterocycles. The molecule has 2 heterocycles. The highest BCUT2D eigenvalue weighted by atomic mass is 16.6. The van der Waals surface area contributed by atoms with Gasteiger partial charge < -0.3 is 25.8 Å². The van der Waals surface area contributed by atoms with E-state index < -0.39 is 29.7 Å². The lowest BCUT2D eigenvalue weighted by Gasteiger charge is -2.38. The zero-order valence-corrected chi connectivity index (χ0v) is 9.78. The van der Waals surface area contributed by atoms with E-state index in [1.54, 1.807) is 0 Å². The molecule has 0 aliphatic carbocycles. The van der Waals surface area contributed by atoms with Crippen molar-refractivity contribution in [3.05, 3.63) is 22.7 Å². The lowest BCUT2D eigenvalue weighted by Crippen LogP contribution is -2.60. The van der Waals surface area contributed by atoms with E-state index in [9.17, 15) is 20.1 Å². The molecule has 3 atom stereocenters. The summed E-state index contributed by atoms with van der Waals surface area (Å²) in [5.74, 6) is 0.0162. The molecule has 2 rings (SSSR count). The van der Waals surface area contributed by atoms with E-state index in [-0.39, 0.29) is 12.4 Å². The van der Waals surface area contributed by atoms with E-state index in [0.29, 0.717) is 0 Å². The summed E-state index contributed by atoms with van der Waals surface area (Å²) < 4.78 is 6.19. The Labute approximate surface area is 102 Å². The molecule has 0 saturated carbocycles. The summed E-state index contributed by atoms with van der Waals surface area (Å²) in [6.45, 7) is 0.386. The number of aliphatic hydroxyl groups excluding tert-OH is 2. The van der Waals surface area contributed by atoms with E-state index in [4.69, 9.17) is 10.5 Å². The molecule has 1 aromatic rings. The molecule has 0 spiro atoms. The first kappa shape index (κ1) is 13.0. The topological polar surface area (TPSA) is 131 Å².